The molecular weight excluding hydrogens is 552 g/mol. The van der Waals surface area contributed by atoms with Gasteiger partial charge in [0.05, 0.1) is 13.2 Å². The molecule has 11 heteroatoms. The Morgan fingerprint density at radius 2 is 1.69 bits per heavy atom. The highest BCUT2D eigenvalue weighted by atomic mass is 19.3. The van der Waals surface area contributed by atoms with Crippen LogP contribution in [0, 0.1) is 0 Å². The van der Waals surface area contributed by atoms with Gasteiger partial charge in [-0.2, -0.15) is 0 Å². The molecule has 42 heavy (non-hydrogen) atoms. The van der Waals surface area contributed by atoms with E-state index in [1.807, 2.05) is 56.3 Å². The van der Waals surface area contributed by atoms with Crippen LogP contribution < -0.4 is 14.4 Å². The molecule has 1 unspecified atom stereocenters. The van der Waals surface area contributed by atoms with Crippen LogP contribution in [-0.4, -0.2) is 70.8 Å². The number of fused-ring (bicyclic) bond motifs is 6. The highest BCUT2D eigenvalue weighted by Crippen LogP contribution is 2.59. The van der Waals surface area contributed by atoms with Crippen molar-refractivity contribution in [3.05, 3.63) is 82.4 Å². The first kappa shape index (κ1) is 28.8. The Hall–Kier alpha value is -3.32. The van der Waals surface area contributed by atoms with Crippen molar-refractivity contribution >= 4 is 5.69 Å². The summed E-state index contributed by atoms with van der Waals surface area (Å²) in [6.07, 6.45) is -11.1. The predicted octanol–water partition coefficient (Wildman–Crippen LogP) is 3.58. The van der Waals surface area contributed by atoms with Crippen LogP contribution in [-0.2, 0) is 21.7 Å². The van der Waals surface area contributed by atoms with E-state index in [1.54, 1.807) is 6.07 Å². The van der Waals surface area contributed by atoms with E-state index in [2.05, 4.69) is 4.90 Å². The number of halogens is 2. The minimum atomic E-state index is -3.08. The lowest BCUT2D eigenvalue weighted by atomic mass is 9.77. The summed E-state index contributed by atoms with van der Waals surface area (Å²) in [5, 5.41) is 40.4. The number of hydrogen-bond acceptors (Lipinski definition) is 9. The number of nitrogens with zero attached hydrogens (tertiary/aromatic N) is 1. The molecule has 3 aromatic carbocycles. The summed E-state index contributed by atoms with van der Waals surface area (Å²) in [6.45, 7) is 5.08. The molecule has 1 saturated heterocycles. The third-order valence-electron chi connectivity index (χ3n) is 8.37. The van der Waals surface area contributed by atoms with Gasteiger partial charge in [-0.1, -0.05) is 24.3 Å². The van der Waals surface area contributed by atoms with Crippen molar-refractivity contribution in [1.29, 1.82) is 0 Å². The number of alkyl halides is 2. The van der Waals surface area contributed by atoms with Crippen LogP contribution in [0.15, 0.2) is 54.6 Å². The van der Waals surface area contributed by atoms with Crippen LogP contribution >= 0.6 is 0 Å². The van der Waals surface area contributed by atoms with Crippen molar-refractivity contribution in [3.8, 4) is 17.2 Å². The van der Waals surface area contributed by atoms with Crippen molar-refractivity contribution in [2.45, 2.75) is 63.2 Å². The summed E-state index contributed by atoms with van der Waals surface area (Å²) in [4.78, 5) is 2.11. The zero-order chi connectivity index (χ0) is 29.8. The SMILES string of the molecule is CCN(CC)c1ccc2c(c1)Oc1c(ccc(O[C@@H]3O[C@H](CO)[C@@H](O)[C@H](O)[C@H]3O)c1C(F)F)C21OCc2ccccc21. The Morgan fingerprint density at radius 3 is 2.40 bits per heavy atom. The molecule has 4 N–H and O–H groups in total. The van der Waals surface area contributed by atoms with E-state index in [0.29, 0.717) is 16.9 Å². The van der Waals surface area contributed by atoms with Gasteiger partial charge in [0.2, 0.25) is 6.29 Å². The topological polar surface area (TPSA) is 121 Å². The minimum Gasteiger partial charge on any atom is -0.461 e. The minimum absolute atomic E-state index is 0.145. The van der Waals surface area contributed by atoms with Crippen LogP contribution in [0.2, 0.25) is 0 Å². The normalized spacial score (nSPS) is 27.8. The molecule has 9 nitrogen and oxygen atoms in total. The molecule has 0 aliphatic carbocycles. The highest BCUT2D eigenvalue weighted by Gasteiger charge is 2.51. The molecule has 0 aromatic heterocycles. The van der Waals surface area contributed by atoms with Gasteiger partial charge in [0.25, 0.3) is 6.43 Å². The lowest BCUT2D eigenvalue weighted by Gasteiger charge is -2.41. The van der Waals surface area contributed by atoms with Crippen LogP contribution in [0.4, 0.5) is 14.5 Å². The van der Waals surface area contributed by atoms with Gasteiger partial charge in [-0.05, 0) is 49.2 Å². The molecule has 3 aliphatic rings. The Morgan fingerprint density at radius 1 is 0.952 bits per heavy atom. The molecule has 6 rings (SSSR count). The van der Waals surface area contributed by atoms with Gasteiger partial charge in [-0.15, -0.1) is 0 Å². The zero-order valence-electron chi connectivity index (χ0n) is 23.1. The number of hydrogen-bond donors (Lipinski definition) is 4. The second-order valence-corrected chi connectivity index (χ2v) is 10.6. The Bertz CT molecular complexity index is 1460. The molecule has 6 atom stereocenters. The molecule has 0 saturated carbocycles. The molecule has 1 spiro atoms. The van der Waals surface area contributed by atoms with Crippen molar-refractivity contribution in [3.63, 3.8) is 0 Å². The van der Waals surface area contributed by atoms with E-state index >= 15 is 0 Å². The van der Waals surface area contributed by atoms with Crippen molar-refractivity contribution in [1.82, 2.24) is 0 Å². The van der Waals surface area contributed by atoms with Crippen molar-refractivity contribution < 1.29 is 48.2 Å². The predicted molar refractivity (Wildman–Crippen MR) is 147 cm³/mol. The average molecular weight is 586 g/mol. The number of anilines is 1. The standard InChI is InChI=1S/C31H33F2NO8/c1-3-34(4-2)17-9-10-19-22(13-17)40-28-20(31(19)18-8-6-5-7-16(18)15-39-31)11-12-21(24(28)29(32)33)41-30-27(38)26(37)25(36)23(14-35)42-30/h5-13,23,25-27,29-30,35-38H,3-4,14-15H2,1-2H3/t23-,25-,26+,27-,30-,31?/m1/s1. The van der Waals surface area contributed by atoms with Crippen LogP contribution in [0.3, 0.4) is 0 Å². The molecule has 224 valence electrons. The molecule has 3 aromatic rings. The molecule has 1 fully saturated rings. The first-order valence-electron chi connectivity index (χ1n) is 14.0. The fourth-order valence-electron chi connectivity index (χ4n) is 6.19. The summed E-state index contributed by atoms with van der Waals surface area (Å²) in [7, 11) is 0. The van der Waals surface area contributed by atoms with E-state index in [0.717, 1.165) is 29.9 Å². The smallest absolute Gasteiger partial charge is 0.271 e. The molecule has 3 heterocycles. The summed E-state index contributed by atoms with van der Waals surface area (Å²) in [5.74, 6) is -0.138. The fourth-order valence-corrected chi connectivity index (χ4v) is 6.19. The van der Waals surface area contributed by atoms with Crippen LogP contribution in [0.5, 0.6) is 17.2 Å². The largest absolute Gasteiger partial charge is 0.461 e. The van der Waals surface area contributed by atoms with Gasteiger partial charge in [0, 0.05) is 36.0 Å². The molecular formula is C31H33F2NO8. The van der Waals surface area contributed by atoms with E-state index in [4.69, 9.17) is 18.9 Å². The van der Waals surface area contributed by atoms with E-state index < -0.39 is 54.9 Å². The number of aliphatic hydroxyl groups is 4. The Kier molecular flexibility index (Phi) is 7.58. The lowest BCUT2D eigenvalue weighted by molar-refractivity contribution is -0.277. The fraction of sp³-hybridized carbons (Fsp3) is 0.419. The number of rotatable bonds is 7. The van der Waals surface area contributed by atoms with Gasteiger partial charge in [-0.3, -0.25) is 0 Å². The third-order valence-corrected chi connectivity index (χ3v) is 8.37. The quantitative estimate of drug-likeness (QED) is 0.330. The first-order chi connectivity index (χ1) is 20.2. The third kappa shape index (κ3) is 4.34. The van der Waals surface area contributed by atoms with Crippen molar-refractivity contribution in [2.75, 3.05) is 24.6 Å². The van der Waals surface area contributed by atoms with Gasteiger partial charge in [0.1, 0.15) is 47.2 Å². The van der Waals surface area contributed by atoms with Crippen LogP contribution in [0.1, 0.15) is 48.1 Å². The summed E-state index contributed by atoms with van der Waals surface area (Å²) in [6, 6.07) is 16.2. The van der Waals surface area contributed by atoms with E-state index in [9.17, 15) is 29.2 Å². The second kappa shape index (κ2) is 11.1. The lowest BCUT2D eigenvalue weighted by Crippen LogP contribution is -2.60. The van der Waals surface area contributed by atoms with Crippen LogP contribution in [0.25, 0.3) is 0 Å². The molecule has 0 amide bonds. The molecule has 3 aliphatic heterocycles. The molecule has 0 bridgehead atoms. The van der Waals surface area contributed by atoms with E-state index in [-0.39, 0.29) is 18.1 Å². The summed E-state index contributed by atoms with van der Waals surface area (Å²) >= 11 is 0. The van der Waals surface area contributed by atoms with E-state index in [1.165, 1.54) is 6.07 Å². The van der Waals surface area contributed by atoms with Gasteiger partial charge in [-0.25, -0.2) is 8.78 Å². The first-order valence-corrected chi connectivity index (χ1v) is 14.0. The van der Waals surface area contributed by atoms with Crippen molar-refractivity contribution in [2.24, 2.45) is 0 Å². The zero-order valence-corrected chi connectivity index (χ0v) is 23.1. The monoisotopic (exact) mass is 585 g/mol. The Labute approximate surface area is 241 Å². The molecule has 0 radical (unpaired) electrons. The summed E-state index contributed by atoms with van der Waals surface area (Å²) in [5.41, 5.74) is 1.82. The Balaban J connectivity index is 1.51. The number of aliphatic hydroxyl groups excluding tert-OH is 4. The van der Waals surface area contributed by atoms with Gasteiger partial charge >= 0.3 is 0 Å². The average Bonchev–Trinajstić information content (AvgIpc) is 3.37. The maximum Gasteiger partial charge on any atom is 0.271 e. The van der Waals surface area contributed by atoms with Gasteiger partial charge in [0.15, 0.2) is 5.60 Å². The number of benzene rings is 3. The summed E-state index contributed by atoms with van der Waals surface area (Å²) < 4.78 is 53.9. The maximum atomic E-state index is 15.0. The second-order valence-electron chi connectivity index (χ2n) is 10.6. The van der Waals surface area contributed by atoms with Gasteiger partial charge < -0.3 is 44.3 Å². The number of ether oxygens (including phenoxy) is 4. The maximum absolute atomic E-state index is 15.0. The highest BCUT2D eigenvalue weighted by molar-refractivity contribution is 5.69.